The molecule has 0 saturated heterocycles. The van der Waals surface area contributed by atoms with Gasteiger partial charge in [0.05, 0.1) is 5.25 Å². The molecule has 0 spiro atoms. The molecule has 0 aromatic heterocycles. The lowest BCUT2D eigenvalue weighted by Gasteiger charge is -2.33. The van der Waals surface area contributed by atoms with E-state index in [0.717, 1.165) is 12.8 Å². The van der Waals surface area contributed by atoms with E-state index < -0.39 is 0 Å². The van der Waals surface area contributed by atoms with Crippen molar-refractivity contribution in [2.24, 2.45) is 5.73 Å². The van der Waals surface area contributed by atoms with Crippen LogP contribution in [0.25, 0.3) is 0 Å². The van der Waals surface area contributed by atoms with Gasteiger partial charge in [-0.2, -0.15) is 11.8 Å². The molecular formula is C11H22N2OS. The zero-order valence-corrected chi connectivity index (χ0v) is 10.5. The number of rotatable bonds is 4. The third-order valence-electron chi connectivity index (χ3n) is 3.19. The quantitative estimate of drug-likeness (QED) is 0.770. The molecule has 0 aromatic rings. The third kappa shape index (κ3) is 4.03. The van der Waals surface area contributed by atoms with Gasteiger partial charge in [-0.3, -0.25) is 4.79 Å². The molecule has 15 heavy (non-hydrogen) atoms. The van der Waals surface area contributed by atoms with Crippen LogP contribution in [0.4, 0.5) is 0 Å². The SMILES string of the molecule is CSC(C)C(=O)NCC1(N)CCCCC1. The Kier molecular flexibility index (Phi) is 4.93. The zero-order chi connectivity index (χ0) is 11.3. The summed E-state index contributed by atoms with van der Waals surface area (Å²) in [5.41, 5.74) is 6.08. The molecule has 1 amide bonds. The first-order chi connectivity index (χ1) is 7.07. The fraction of sp³-hybridized carbons (Fsp3) is 0.909. The monoisotopic (exact) mass is 230 g/mol. The second-order valence-corrected chi connectivity index (χ2v) is 5.70. The van der Waals surface area contributed by atoms with E-state index in [-0.39, 0.29) is 16.7 Å². The second-order valence-electron chi connectivity index (χ2n) is 4.52. The molecule has 1 aliphatic carbocycles. The third-order valence-corrected chi connectivity index (χ3v) is 4.11. The van der Waals surface area contributed by atoms with Crippen molar-refractivity contribution < 1.29 is 4.79 Å². The number of hydrogen-bond donors (Lipinski definition) is 2. The van der Waals surface area contributed by atoms with Crippen LogP contribution in [0.15, 0.2) is 0 Å². The van der Waals surface area contributed by atoms with Crippen LogP contribution in [0.5, 0.6) is 0 Å². The Morgan fingerprint density at radius 2 is 2.07 bits per heavy atom. The van der Waals surface area contributed by atoms with E-state index in [1.165, 1.54) is 19.3 Å². The summed E-state index contributed by atoms with van der Waals surface area (Å²) in [5, 5.41) is 2.98. The number of amides is 1. The highest BCUT2D eigenvalue weighted by Crippen LogP contribution is 2.25. The van der Waals surface area contributed by atoms with Crippen LogP contribution in [0.2, 0.25) is 0 Å². The maximum Gasteiger partial charge on any atom is 0.232 e. The molecule has 88 valence electrons. The molecule has 0 aromatic carbocycles. The van der Waals surface area contributed by atoms with Crippen LogP contribution >= 0.6 is 11.8 Å². The van der Waals surface area contributed by atoms with Gasteiger partial charge in [0.15, 0.2) is 0 Å². The number of thioether (sulfide) groups is 1. The molecule has 0 bridgehead atoms. The highest BCUT2D eigenvalue weighted by Gasteiger charge is 2.28. The van der Waals surface area contributed by atoms with Crippen molar-refractivity contribution in [1.82, 2.24) is 5.32 Å². The van der Waals surface area contributed by atoms with Gasteiger partial charge in [-0.05, 0) is 26.0 Å². The lowest BCUT2D eigenvalue weighted by molar-refractivity contribution is -0.120. The van der Waals surface area contributed by atoms with Gasteiger partial charge >= 0.3 is 0 Å². The molecule has 1 aliphatic rings. The highest BCUT2D eigenvalue weighted by molar-refractivity contribution is 7.99. The Bertz CT molecular complexity index is 215. The Morgan fingerprint density at radius 1 is 1.47 bits per heavy atom. The zero-order valence-electron chi connectivity index (χ0n) is 9.71. The topological polar surface area (TPSA) is 55.1 Å². The number of carbonyl (C=O) groups is 1. The fourth-order valence-electron chi connectivity index (χ4n) is 1.95. The first-order valence-corrected chi connectivity index (χ1v) is 6.95. The first kappa shape index (κ1) is 12.8. The van der Waals surface area contributed by atoms with Crippen molar-refractivity contribution in [2.75, 3.05) is 12.8 Å². The number of hydrogen-bond acceptors (Lipinski definition) is 3. The smallest absolute Gasteiger partial charge is 0.232 e. The minimum Gasteiger partial charge on any atom is -0.353 e. The summed E-state index contributed by atoms with van der Waals surface area (Å²) < 4.78 is 0. The lowest BCUT2D eigenvalue weighted by atomic mass is 9.82. The Labute approximate surface area is 96.6 Å². The minimum absolute atomic E-state index is 0.0252. The van der Waals surface area contributed by atoms with Crippen molar-refractivity contribution in [3.63, 3.8) is 0 Å². The molecule has 1 fully saturated rings. The van der Waals surface area contributed by atoms with E-state index in [2.05, 4.69) is 5.32 Å². The van der Waals surface area contributed by atoms with E-state index in [1.54, 1.807) is 11.8 Å². The van der Waals surface area contributed by atoms with Gasteiger partial charge in [-0.1, -0.05) is 19.3 Å². The Morgan fingerprint density at radius 3 is 2.60 bits per heavy atom. The van der Waals surface area contributed by atoms with E-state index in [1.807, 2.05) is 13.2 Å². The minimum atomic E-state index is -0.147. The first-order valence-electron chi connectivity index (χ1n) is 5.67. The van der Waals surface area contributed by atoms with Gasteiger partial charge in [0, 0.05) is 12.1 Å². The van der Waals surface area contributed by atoms with Crippen molar-refractivity contribution >= 4 is 17.7 Å². The van der Waals surface area contributed by atoms with Gasteiger partial charge in [0.2, 0.25) is 5.91 Å². The maximum atomic E-state index is 11.6. The normalized spacial score (nSPS) is 22.1. The summed E-state index contributed by atoms with van der Waals surface area (Å²) in [6, 6.07) is 0. The molecule has 3 nitrogen and oxygen atoms in total. The second kappa shape index (κ2) is 5.75. The summed E-state index contributed by atoms with van der Waals surface area (Å²) in [7, 11) is 0. The summed E-state index contributed by atoms with van der Waals surface area (Å²) in [6.45, 7) is 2.56. The molecule has 1 rings (SSSR count). The van der Waals surface area contributed by atoms with E-state index in [9.17, 15) is 4.79 Å². The Hall–Kier alpha value is -0.220. The summed E-state index contributed by atoms with van der Waals surface area (Å²) in [5.74, 6) is 0.109. The van der Waals surface area contributed by atoms with E-state index in [0.29, 0.717) is 6.54 Å². The van der Waals surface area contributed by atoms with Crippen molar-refractivity contribution in [3.8, 4) is 0 Å². The van der Waals surface area contributed by atoms with Gasteiger partial charge < -0.3 is 11.1 Å². The molecular weight excluding hydrogens is 208 g/mol. The van der Waals surface area contributed by atoms with Gasteiger partial charge in [-0.25, -0.2) is 0 Å². The van der Waals surface area contributed by atoms with Crippen molar-refractivity contribution in [1.29, 1.82) is 0 Å². The standard InChI is InChI=1S/C11H22N2OS/c1-9(15-2)10(14)13-8-11(12)6-4-3-5-7-11/h9H,3-8,12H2,1-2H3,(H,13,14). The molecule has 1 unspecified atom stereocenters. The van der Waals surface area contributed by atoms with E-state index >= 15 is 0 Å². The Balaban J connectivity index is 2.31. The molecule has 0 heterocycles. The number of nitrogens with one attached hydrogen (secondary N) is 1. The van der Waals surface area contributed by atoms with Crippen LogP contribution in [0.3, 0.4) is 0 Å². The van der Waals surface area contributed by atoms with Gasteiger partial charge in [-0.15, -0.1) is 0 Å². The summed E-state index contributed by atoms with van der Waals surface area (Å²) >= 11 is 1.57. The van der Waals surface area contributed by atoms with Crippen molar-refractivity contribution in [2.45, 2.75) is 49.8 Å². The predicted octanol–water partition coefficient (Wildman–Crippen LogP) is 1.52. The highest BCUT2D eigenvalue weighted by atomic mass is 32.2. The molecule has 1 atom stereocenters. The molecule has 0 radical (unpaired) electrons. The lowest BCUT2D eigenvalue weighted by Crippen LogP contribution is -2.52. The summed E-state index contributed by atoms with van der Waals surface area (Å²) in [6.07, 6.45) is 7.72. The molecule has 3 N–H and O–H groups in total. The van der Waals surface area contributed by atoms with Crippen LogP contribution in [-0.2, 0) is 4.79 Å². The van der Waals surface area contributed by atoms with Crippen LogP contribution in [0.1, 0.15) is 39.0 Å². The number of carbonyl (C=O) groups excluding carboxylic acids is 1. The van der Waals surface area contributed by atoms with Crippen LogP contribution in [0, 0.1) is 0 Å². The largest absolute Gasteiger partial charge is 0.353 e. The average molecular weight is 230 g/mol. The fourth-order valence-corrected chi connectivity index (χ4v) is 2.24. The number of nitrogens with two attached hydrogens (primary N) is 1. The summed E-state index contributed by atoms with van der Waals surface area (Å²) in [4.78, 5) is 11.6. The average Bonchev–Trinajstić information content (AvgIpc) is 2.26. The van der Waals surface area contributed by atoms with Crippen LogP contribution in [-0.4, -0.2) is 29.5 Å². The van der Waals surface area contributed by atoms with Crippen molar-refractivity contribution in [3.05, 3.63) is 0 Å². The molecule has 0 aliphatic heterocycles. The molecule has 4 heteroatoms. The van der Waals surface area contributed by atoms with Gasteiger partial charge in [0.25, 0.3) is 0 Å². The van der Waals surface area contributed by atoms with E-state index in [4.69, 9.17) is 5.73 Å². The van der Waals surface area contributed by atoms with Crippen LogP contribution < -0.4 is 11.1 Å². The maximum absolute atomic E-state index is 11.6. The molecule has 1 saturated carbocycles. The predicted molar refractivity (Wildman–Crippen MR) is 66.0 cm³/mol. The van der Waals surface area contributed by atoms with Gasteiger partial charge in [0.1, 0.15) is 0 Å².